The molecule has 1 nitrogen and oxygen atoms in total. The van der Waals surface area contributed by atoms with Gasteiger partial charge in [0, 0.05) is 16.5 Å². The van der Waals surface area contributed by atoms with Gasteiger partial charge in [-0.1, -0.05) is 40.2 Å². The first kappa shape index (κ1) is 11.0. The average Bonchev–Trinajstić information content (AvgIpc) is 2.53. The van der Waals surface area contributed by atoms with E-state index in [1.54, 1.807) is 0 Å². The minimum atomic E-state index is 0.295. The topological polar surface area (TPSA) is 17.1 Å². The lowest BCUT2D eigenvalue weighted by molar-refractivity contribution is 0.0982. The summed E-state index contributed by atoms with van der Waals surface area (Å²) in [6, 6.07) is 10.3. The lowest BCUT2D eigenvalue weighted by Gasteiger charge is -2.11. The van der Waals surface area contributed by atoms with E-state index in [4.69, 9.17) is 0 Å². The Bertz CT molecular complexity index is 601. The number of ketones is 1. The summed E-state index contributed by atoms with van der Waals surface area (Å²) in [6.45, 7) is 0. The van der Waals surface area contributed by atoms with Gasteiger partial charge in [0.1, 0.15) is 0 Å². The Labute approximate surface area is 109 Å². The van der Waals surface area contributed by atoms with Crippen LogP contribution in [0.4, 0.5) is 0 Å². The van der Waals surface area contributed by atoms with E-state index in [2.05, 4.69) is 28.1 Å². The number of hydrogen-bond acceptors (Lipinski definition) is 1. The van der Waals surface area contributed by atoms with E-state index in [-0.39, 0.29) is 0 Å². The summed E-state index contributed by atoms with van der Waals surface area (Å²) in [7, 11) is 0. The number of aryl methyl sites for hydroxylation is 1. The third kappa shape index (κ3) is 1.81. The van der Waals surface area contributed by atoms with E-state index in [1.165, 1.54) is 16.3 Å². The molecule has 0 radical (unpaired) electrons. The number of rotatable bonds is 0. The second-order valence-electron chi connectivity index (χ2n) is 4.56. The molecular weight excluding hydrogens is 276 g/mol. The van der Waals surface area contributed by atoms with Crippen LogP contribution in [-0.2, 0) is 6.42 Å². The fraction of sp³-hybridized carbons (Fsp3) is 0.267. The van der Waals surface area contributed by atoms with Gasteiger partial charge in [-0.25, -0.2) is 0 Å². The van der Waals surface area contributed by atoms with Crippen molar-refractivity contribution in [3.63, 3.8) is 0 Å². The highest BCUT2D eigenvalue weighted by Crippen LogP contribution is 2.33. The fourth-order valence-electron chi connectivity index (χ4n) is 2.63. The molecule has 0 bridgehead atoms. The van der Waals surface area contributed by atoms with Crippen LogP contribution >= 0.6 is 15.9 Å². The van der Waals surface area contributed by atoms with Crippen LogP contribution in [-0.4, -0.2) is 5.78 Å². The van der Waals surface area contributed by atoms with Crippen LogP contribution in [0.5, 0.6) is 0 Å². The van der Waals surface area contributed by atoms with Crippen LogP contribution in [0.15, 0.2) is 34.8 Å². The van der Waals surface area contributed by atoms with Crippen molar-refractivity contribution in [2.45, 2.75) is 25.7 Å². The molecule has 3 rings (SSSR count). The van der Waals surface area contributed by atoms with Crippen LogP contribution in [0, 0.1) is 0 Å². The van der Waals surface area contributed by atoms with Crippen LogP contribution in [0.2, 0.25) is 0 Å². The maximum Gasteiger partial charge on any atom is 0.163 e. The highest BCUT2D eigenvalue weighted by atomic mass is 79.9. The summed E-state index contributed by atoms with van der Waals surface area (Å²) >= 11 is 3.58. The number of Topliss-reactive ketones (excluding diaryl/α,β-unsaturated/α-hetero) is 1. The van der Waals surface area contributed by atoms with Crippen LogP contribution < -0.4 is 0 Å². The molecule has 0 spiro atoms. The van der Waals surface area contributed by atoms with E-state index in [1.807, 2.05) is 18.2 Å². The zero-order chi connectivity index (χ0) is 11.8. The quantitative estimate of drug-likeness (QED) is 0.652. The first-order valence-corrected chi connectivity index (χ1v) is 6.80. The molecule has 0 N–H and O–H groups in total. The second-order valence-corrected chi connectivity index (χ2v) is 5.41. The Balaban J connectivity index is 2.38. The lowest BCUT2D eigenvalue weighted by Crippen LogP contribution is -2.01. The first-order chi connectivity index (χ1) is 8.27. The number of carbonyl (C=O) groups excluding carboxylic acids is 1. The van der Waals surface area contributed by atoms with Crippen LogP contribution in [0.25, 0.3) is 10.8 Å². The number of fused-ring (bicyclic) bond motifs is 3. The standard InChI is InChI=1S/C15H13BrO/c16-14-9-13-11(6-3-4-8-15(13)17)10-5-1-2-7-12(10)14/h1-2,5,7,9H,3-4,6,8H2. The minimum absolute atomic E-state index is 0.295. The smallest absolute Gasteiger partial charge is 0.163 e. The van der Waals surface area contributed by atoms with Gasteiger partial charge in [-0.05, 0) is 41.7 Å². The van der Waals surface area contributed by atoms with Crippen LogP contribution in [0.1, 0.15) is 35.2 Å². The number of carbonyl (C=O) groups is 1. The normalized spacial score (nSPS) is 15.7. The van der Waals surface area contributed by atoms with E-state index in [9.17, 15) is 4.79 Å². The van der Waals surface area contributed by atoms with E-state index in [0.717, 1.165) is 29.3 Å². The Hall–Kier alpha value is -1.15. The molecule has 1 aliphatic rings. The van der Waals surface area contributed by atoms with Gasteiger partial charge in [0.05, 0.1) is 0 Å². The van der Waals surface area contributed by atoms with Crippen molar-refractivity contribution >= 4 is 32.5 Å². The summed E-state index contributed by atoms with van der Waals surface area (Å²) in [5.41, 5.74) is 2.17. The summed E-state index contributed by atoms with van der Waals surface area (Å²) in [5.74, 6) is 0.295. The molecule has 0 fully saturated rings. The van der Waals surface area contributed by atoms with E-state index in [0.29, 0.717) is 12.2 Å². The number of benzene rings is 2. The average molecular weight is 289 g/mol. The maximum absolute atomic E-state index is 12.1. The Morgan fingerprint density at radius 2 is 1.71 bits per heavy atom. The summed E-state index contributed by atoms with van der Waals surface area (Å²) in [5, 5.41) is 2.44. The Morgan fingerprint density at radius 3 is 2.53 bits per heavy atom. The largest absolute Gasteiger partial charge is 0.294 e. The third-order valence-electron chi connectivity index (χ3n) is 3.49. The Morgan fingerprint density at radius 1 is 1.00 bits per heavy atom. The monoisotopic (exact) mass is 288 g/mol. The zero-order valence-corrected chi connectivity index (χ0v) is 11.1. The molecule has 0 atom stereocenters. The molecule has 0 heterocycles. The zero-order valence-electron chi connectivity index (χ0n) is 9.50. The molecule has 2 heteroatoms. The molecular formula is C15H13BrO. The number of halogens is 1. The highest BCUT2D eigenvalue weighted by Gasteiger charge is 2.18. The second kappa shape index (κ2) is 4.26. The highest BCUT2D eigenvalue weighted by molar-refractivity contribution is 9.10. The van der Waals surface area contributed by atoms with E-state index < -0.39 is 0 Å². The summed E-state index contributed by atoms with van der Waals surface area (Å²) in [6.07, 6.45) is 3.84. The van der Waals surface area contributed by atoms with E-state index >= 15 is 0 Å². The van der Waals surface area contributed by atoms with Crippen molar-refractivity contribution in [1.29, 1.82) is 0 Å². The molecule has 0 unspecified atom stereocenters. The molecule has 0 saturated carbocycles. The molecule has 17 heavy (non-hydrogen) atoms. The number of hydrogen-bond donors (Lipinski definition) is 0. The summed E-state index contributed by atoms with van der Waals surface area (Å²) < 4.78 is 1.03. The predicted molar refractivity (Wildman–Crippen MR) is 73.5 cm³/mol. The van der Waals surface area contributed by atoms with Gasteiger partial charge in [-0.2, -0.15) is 0 Å². The predicted octanol–water partition coefficient (Wildman–Crippen LogP) is 4.51. The van der Waals surface area contributed by atoms with Crippen LogP contribution in [0.3, 0.4) is 0 Å². The Kier molecular flexibility index (Phi) is 2.75. The molecule has 1 aliphatic carbocycles. The minimum Gasteiger partial charge on any atom is -0.294 e. The molecule has 0 saturated heterocycles. The van der Waals surface area contributed by atoms with Crippen molar-refractivity contribution in [2.24, 2.45) is 0 Å². The molecule has 86 valence electrons. The molecule has 2 aromatic carbocycles. The summed E-state index contributed by atoms with van der Waals surface area (Å²) in [4.78, 5) is 12.1. The van der Waals surface area contributed by atoms with Crippen molar-refractivity contribution < 1.29 is 4.79 Å². The van der Waals surface area contributed by atoms with Crippen molar-refractivity contribution in [3.05, 3.63) is 45.9 Å². The SMILES string of the molecule is O=C1CCCCc2c1cc(Br)c1ccccc21. The molecule has 0 amide bonds. The molecule has 0 aliphatic heterocycles. The van der Waals surface area contributed by atoms with Gasteiger partial charge in [0.15, 0.2) is 5.78 Å². The van der Waals surface area contributed by atoms with Crippen molar-refractivity contribution in [2.75, 3.05) is 0 Å². The van der Waals surface area contributed by atoms with Gasteiger partial charge in [-0.15, -0.1) is 0 Å². The van der Waals surface area contributed by atoms with Gasteiger partial charge < -0.3 is 0 Å². The van der Waals surface area contributed by atoms with Crippen molar-refractivity contribution in [3.8, 4) is 0 Å². The van der Waals surface area contributed by atoms with Gasteiger partial charge in [0.25, 0.3) is 0 Å². The molecule has 0 aromatic heterocycles. The van der Waals surface area contributed by atoms with Gasteiger partial charge in [0.2, 0.25) is 0 Å². The van der Waals surface area contributed by atoms with Gasteiger partial charge in [-0.3, -0.25) is 4.79 Å². The fourth-order valence-corrected chi connectivity index (χ4v) is 3.21. The van der Waals surface area contributed by atoms with Crippen molar-refractivity contribution in [1.82, 2.24) is 0 Å². The molecule has 2 aromatic rings. The first-order valence-electron chi connectivity index (χ1n) is 6.00. The third-order valence-corrected chi connectivity index (χ3v) is 4.14. The lowest BCUT2D eigenvalue weighted by atomic mass is 9.95. The maximum atomic E-state index is 12.1. The van der Waals surface area contributed by atoms with Gasteiger partial charge >= 0.3 is 0 Å².